The van der Waals surface area contributed by atoms with Crippen molar-refractivity contribution in [2.75, 3.05) is 7.11 Å². The van der Waals surface area contributed by atoms with E-state index in [4.69, 9.17) is 10.4 Å². The highest BCUT2D eigenvalue weighted by molar-refractivity contribution is 5.92. The van der Waals surface area contributed by atoms with Crippen LogP contribution >= 0.6 is 0 Å². The molecule has 4 nitrogen and oxygen atoms in total. The first kappa shape index (κ1) is 11.1. The van der Waals surface area contributed by atoms with E-state index < -0.39 is 18.4 Å². The SMILES string of the molecule is COC(=O)c1cc(CO)cc(F)c1C#N. The third-order valence-electron chi connectivity index (χ3n) is 1.85. The Labute approximate surface area is 85.5 Å². The summed E-state index contributed by atoms with van der Waals surface area (Å²) < 4.78 is 17.6. The molecular formula is C10H8FNO3. The molecule has 1 aromatic rings. The van der Waals surface area contributed by atoms with Crippen molar-refractivity contribution in [1.82, 2.24) is 0 Å². The Bertz CT molecular complexity index is 437. The van der Waals surface area contributed by atoms with Gasteiger partial charge in [-0.2, -0.15) is 5.26 Å². The molecule has 5 heteroatoms. The predicted molar refractivity (Wildman–Crippen MR) is 48.4 cm³/mol. The molecule has 0 radical (unpaired) electrons. The molecule has 0 bridgehead atoms. The number of nitriles is 1. The topological polar surface area (TPSA) is 70.3 Å². The summed E-state index contributed by atoms with van der Waals surface area (Å²) in [5, 5.41) is 17.4. The zero-order valence-corrected chi connectivity index (χ0v) is 7.95. The lowest BCUT2D eigenvalue weighted by molar-refractivity contribution is 0.0599. The van der Waals surface area contributed by atoms with Crippen LogP contribution < -0.4 is 0 Å². The van der Waals surface area contributed by atoms with Crippen LogP contribution in [-0.2, 0) is 11.3 Å². The van der Waals surface area contributed by atoms with Gasteiger partial charge in [0, 0.05) is 0 Å². The normalized spacial score (nSPS) is 9.47. The largest absolute Gasteiger partial charge is 0.465 e. The number of rotatable bonds is 2. The highest BCUT2D eigenvalue weighted by Crippen LogP contribution is 2.17. The van der Waals surface area contributed by atoms with Crippen LogP contribution in [0.15, 0.2) is 12.1 Å². The second kappa shape index (κ2) is 4.53. The highest BCUT2D eigenvalue weighted by atomic mass is 19.1. The molecule has 0 heterocycles. The summed E-state index contributed by atoms with van der Waals surface area (Å²) in [6.45, 7) is -0.410. The van der Waals surface area contributed by atoms with Crippen molar-refractivity contribution in [3.63, 3.8) is 0 Å². The van der Waals surface area contributed by atoms with Crippen LogP contribution in [0.25, 0.3) is 0 Å². The van der Waals surface area contributed by atoms with Crippen molar-refractivity contribution >= 4 is 5.97 Å². The quantitative estimate of drug-likeness (QED) is 0.737. The molecule has 0 fully saturated rings. The monoisotopic (exact) mass is 209 g/mol. The Morgan fingerprint density at radius 3 is 2.80 bits per heavy atom. The fourth-order valence-corrected chi connectivity index (χ4v) is 1.14. The summed E-state index contributed by atoms with van der Waals surface area (Å²) in [5.74, 6) is -1.65. The molecule has 0 aliphatic rings. The number of hydrogen-bond donors (Lipinski definition) is 1. The van der Waals surface area contributed by atoms with Crippen LogP contribution in [0.1, 0.15) is 21.5 Å². The molecule has 1 N–H and O–H groups in total. The summed E-state index contributed by atoms with van der Waals surface area (Å²) >= 11 is 0. The molecule has 78 valence electrons. The number of nitrogens with zero attached hydrogens (tertiary/aromatic N) is 1. The van der Waals surface area contributed by atoms with Gasteiger partial charge < -0.3 is 9.84 Å². The maximum atomic E-state index is 13.3. The molecule has 0 aromatic heterocycles. The Morgan fingerprint density at radius 1 is 1.67 bits per heavy atom. The molecule has 0 aliphatic heterocycles. The molecule has 0 aliphatic carbocycles. The molecule has 0 amide bonds. The zero-order chi connectivity index (χ0) is 11.4. The fraction of sp³-hybridized carbons (Fsp3) is 0.200. The molecule has 0 unspecified atom stereocenters. The van der Waals surface area contributed by atoms with E-state index in [-0.39, 0.29) is 16.7 Å². The van der Waals surface area contributed by atoms with Gasteiger partial charge in [0.2, 0.25) is 0 Å². The lowest BCUT2D eigenvalue weighted by Gasteiger charge is -2.05. The van der Waals surface area contributed by atoms with Gasteiger partial charge >= 0.3 is 5.97 Å². The molecule has 0 spiro atoms. The van der Waals surface area contributed by atoms with Crippen molar-refractivity contribution in [3.05, 3.63) is 34.6 Å². The third-order valence-corrected chi connectivity index (χ3v) is 1.85. The molecule has 0 atom stereocenters. The van der Waals surface area contributed by atoms with Crippen LogP contribution in [0, 0.1) is 17.1 Å². The Morgan fingerprint density at radius 2 is 2.33 bits per heavy atom. The minimum Gasteiger partial charge on any atom is -0.465 e. The molecule has 0 saturated carbocycles. The predicted octanol–water partition coefficient (Wildman–Crippen LogP) is 0.976. The number of halogens is 1. The molecule has 1 aromatic carbocycles. The van der Waals surface area contributed by atoms with Crippen molar-refractivity contribution in [3.8, 4) is 6.07 Å². The van der Waals surface area contributed by atoms with Gasteiger partial charge in [-0.05, 0) is 17.7 Å². The van der Waals surface area contributed by atoms with Gasteiger partial charge in [0.15, 0.2) is 0 Å². The van der Waals surface area contributed by atoms with E-state index in [0.29, 0.717) is 0 Å². The van der Waals surface area contributed by atoms with E-state index in [0.717, 1.165) is 13.2 Å². The molecule has 0 saturated heterocycles. The lowest BCUT2D eigenvalue weighted by atomic mass is 10.0. The maximum Gasteiger partial charge on any atom is 0.339 e. The van der Waals surface area contributed by atoms with Gasteiger partial charge in [0.25, 0.3) is 0 Å². The number of methoxy groups -OCH3 is 1. The van der Waals surface area contributed by atoms with E-state index in [1.165, 1.54) is 6.07 Å². The minimum absolute atomic E-state index is 0.177. The Hall–Kier alpha value is -1.93. The van der Waals surface area contributed by atoms with Crippen molar-refractivity contribution in [1.29, 1.82) is 5.26 Å². The second-order valence-corrected chi connectivity index (χ2v) is 2.76. The number of hydrogen-bond acceptors (Lipinski definition) is 4. The summed E-state index contributed by atoms with van der Waals surface area (Å²) in [5.41, 5.74) is -0.338. The summed E-state index contributed by atoms with van der Waals surface area (Å²) in [4.78, 5) is 11.2. The van der Waals surface area contributed by atoms with Crippen LogP contribution in [0.2, 0.25) is 0 Å². The van der Waals surface area contributed by atoms with E-state index in [1.807, 2.05) is 0 Å². The van der Waals surface area contributed by atoms with Gasteiger partial charge in [-0.3, -0.25) is 0 Å². The number of carbonyl (C=O) groups excluding carboxylic acids is 1. The van der Waals surface area contributed by atoms with E-state index >= 15 is 0 Å². The maximum absolute atomic E-state index is 13.3. The second-order valence-electron chi connectivity index (χ2n) is 2.76. The van der Waals surface area contributed by atoms with Gasteiger partial charge in [0.1, 0.15) is 17.4 Å². The number of carbonyl (C=O) groups is 1. The number of benzene rings is 1. The zero-order valence-electron chi connectivity index (χ0n) is 7.95. The smallest absolute Gasteiger partial charge is 0.339 e. The summed E-state index contributed by atoms with van der Waals surface area (Å²) in [6, 6.07) is 3.81. The summed E-state index contributed by atoms with van der Waals surface area (Å²) in [6.07, 6.45) is 0. The average Bonchev–Trinajstić information content (AvgIpc) is 2.26. The fourth-order valence-electron chi connectivity index (χ4n) is 1.14. The molecule has 15 heavy (non-hydrogen) atoms. The molecular weight excluding hydrogens is 201 g/mol. The first-order chi connectivity index (χ1) is 7.13. The van der Waals surface area contributed by atoms with Crippen molar-refractivity contribution in [2.24, 2.45) is 0 Å². The average molecular weight is 209 g/mol. The number of aliphatic hydroxyl groups is 1. The number of aliphatic hydroxyl groups excluding tert-OH is 1. The van der Waals surface area contributed by atoms with Gasteiger partial charge in [-0.15, -0.1) is 0 Å². The van der Waals surface area contributed by atoms with Gasteiger partial charge in [0.05, 0.1) is 19.3 Å². The highest BCUT2D eigenvalue weighted by Gasteiger charge is 2.17. The Kier molecular flexibility index (Phi) is 3.37. The first-order valence-corrected chi connectivity index (χ1v) is 4.05. The van der Waals surface area contributed by atoms with Crippen molar-refractivity contribution < 1.29 is 19.0 Å². The lowest BCUT2D eigenvalue weighted by Crippen LogP contribution is -2.07. The number of esters is 1. The van der Waals surface area contributed by atoms with Crippen molar-refractivity contribution in [2.45, 2.75) is 6.61 Å². The summed E-state index contributed by atoms with van der Waals surface area (Å²) in [7, 11) is 1.13. The van der Waals surface area contributed by atoms with E-state index in [1.54, 1.807) is 6.07 Å². The minimum atomic E-state index is -0.843. The van der Waals surface area contributed by atoms with Crippen LogP contribution in [0.3, 0.4) is 0 Å². The van der Waals surface area contributed by atoms with E-state index in [9.17, 15) is 9.18 Å². The van der Waals surface area contributed by atoms with Crippen LogP contribution in [-0.4, -0.2) is 18.2 Å². The van der Waals surface area contributed by atoms with E-state index in [2.05, 4.69) is 4.74 Å². The Balaban J connectivity index is 3.40. The third kappa shape index (κ3) is 2.11. The van der Waals surface area contributed by atoms with Crippen LogP contribution in [0.5, 0.6) is 0 Å². The standard InChI is InChI=1S/C10H8FNO3/c1-15-10(14)7-2-6(5-13)3-9(11)8(7)4-12/h2-3,13H,5H2,1H3. The van der Waals surface area contributed by atoms with Gasteiger partial charge in [-0.1, -0.05) is 0 Å². The van der Waals surface area contributed by atoms with Crippen LogP contribution in [0.4, 0.5) is 4.39 Å². The number of ether oxygens (including phenoxy) is 1. The molecule has 1 rings (SSSR count). The first-order valence-electron chi connectivity index (χ1n) is 4.05. The van der Waals surface area contributed by atoms with Gasteiger partial charge in [-0.25, -0.2) is 9.18 Å².